The third-order valence-electron chi connectivity index (χ3n) is 4.46. The van der Waals surface area contributed by atoms with Crippen LogP contribution in [0.5, 0.6) is 0 Å². The lowest BCUT2D eigenvalue weighted by atomic mass is 10.0. The Balaban J connectivity index is 5.54. The molecular weight excluding hydrogens is 442 g/mol. The van der Waals surface area contributed by atoms with E-state index in [4.69, 9.17) is 16.6 Å². The van der Waals surface area contributed by atoms with Crippen LogP contribution in [0.3, 0.4) is 0 Å². The van der Waals surface area contributed by atoms with Gasteiger partial charge in [0.2, 0.25) is 23.6 Å². The van der Waals surface area contributed by atoms with Crippen LogP contribution in [-0.4, -0.2) is 81.2 Å². The minimum absolute atomic E-state index is 0.0628. The zero-order chi connectivity index (χ0) is 25.9. The maximum absolute atomic E-state index is 12.7. The number of amides is 4. The van der Waals surface area contributed by atoms with Crippen LogP contribution in [0.1, 0.15) is 46.5 Å². The van der Waals surface area contributed by atoms with E-state index in [1.165, 1.54) is 6.92 Å². The number of carboxylic acids is 2. The summed E-state index contributed by atoms with van der Waals surface area (Å²) in [5.41, 5.74) is 10.6. The van der Waals surface area contributed by atoms with Crippen molar-refractivity contribution in [2.75, 3.05) is 0 Å². The van der Waals surface area contributed by atoms with Crippen LogP contribution in [0.25, 0.3) is 0 Å². The molecule has 0 aliphatic heterocycles. The molecule has 0 aromatic rings. The summed E-state index contributed by atoms with van der Waals surface area (Å²) in [5, 5.41) is 34.1. The van der Waals surface area contributed by atoms with Crippen molar-refractivity contribution < 1.29 is 44.1 Å². The number of aliphatic carboxylic acids is 2. The monoisotopic (exact) mass is 475 g/mol. The summed E-state index contributed by atoms with van der Waals surface area (Å²) in [6.07, 6.45) is -2.70. The maximum Gasteiger partial charge on any atom is 0.326 e. The van der Waals surface area contributed by atoms with Gasteiger partial charge in [-0.3, -0.25) is 24.0 Å². The lowest BCUT2D eigenvalue weighted by Crippen LogP contribution is -2.58. The minimum Gasteiger partial charge on any atom is -0.481 e. The summed E-state index contributed by atoms with van der Waals surface area (Å²) in [7, 11) is 0. The van der Waals surface area contributed by atoms with Crippen molar-refractivity contribution in [2.24, 2.45) is 17.4 Å². The van der Waals surface area contributed by atoms with E-state index in [1.807, 2.05) is 0 Å². The quantitative estimate of drug-likeness (QED) is 0.119. The van der Waals surface area contributed by atoms with E-state index in [1.54, 1.807) is 13.8 Å². The van der Waals surface area contributed by atoms with Gasteiger partial charge < -0.3 is 42.7 Å². The van der Waals surface area contributed by atoms with Crippen LogP contribution >= 0.6 is 0 Å². The van der Waals surface area contributed by atoms with Gasteiger partial charge in [0.25, 0.3) is 0 Å². The molecular formula is C19H33N5O9. The first-order valence-electron chi connectivity index (χ1n) is 10.2. The number of carboxylic acid groups (broad SMARTS) is 2. The van der Waals surface area contributed by atoms with Crippen molar-refractivity contribution in [1.29, 1.82) is 0 Å². The Morgan fingerprint density at radius 1 is 0.818 bits per heavy atom. The molecule has 0 fully saturated rings. The van der Waals surface area contributed by atoms with Gasteiger partial charge in [-0.1, -0.05) is 13.8 Å². The third-order valence-corrected chi connectivity index (χ3v) is 4.46. The average molecular weight is 475 g/mol. The van der Waals surface area contributed by atoms with Gasteiger partial charge in [0.1, 0.15) is 24.2 Å². The Hall–Kier alpha value is -3.26. The smallest absolute Gasteiger partial charge is 0.326 e. The molecule has 0 aliphatic carbocycles. The Morgan fingerprint density at radius 2 is 1.30 bits per heavy atom. The van der Waals surface area contributed by atoms with Crippen LogP contribution in [0, 0.1) is 5.92 Å². The molecule has 5 unspecified atom stereocenters. The molecule has 0 aromatic heterocycles. The molecule has 0 aromatic carbocycles. The number of hydrogen-bond acceptors (Lipinski definition) is 8. The van der Waals surface area contributed by atoms with Crippen LogP contribution < -0.4 is 27.4 Å². The Morgan fingerprint density at radius 3 is 1.73 bits per heavy atom. The predicted molar refractivity (Wildman–Crippen MR) is 113 cm³/mol. The second-order valence-corrected chi connectivity index (χ2v) is 8.02. The SMILES string of the molecule is CC(C)CC(NC(=O)C(CC(N)=O)NC(=O)C(N)C(C)O)C(=O)NC(CCC(=O)O)C(=O)O. The van der Waals surface area contributed by atoms with Crippen molar-refractivity contribution in [3.8, 4) is 0 Å². The number of hydrogen-bond donors (Lipinski definition) is 8. The molecule has 188 valence electrons. The molecule has 0 bridgehead atoms. The van der Waals surface area contributed by atoms with E-state index in [2.05, 4.69) is 16.0 Å². The summed E-state index contributed by atoms with van der Waals surface area (Å²) in [4.78, 5) is 70.9. The second kappa shape index (κ2) is 14.0. The molecule has 0 saturated heterocycles. The molecule has 0 aliphatic rings. The molecule has 14 heteroatoms. The molecule has 33 heavy (non-hydrogen) atoms. The molecule has 0 radical (unpaired) electrons. The largest absolute Gasteiger partial charge is 0.481 e. The second-order valence-electron chi connectivity index (χ2n) is 8.02. The van der Waals surface area contributed by atoms with E-state index in [0.717, 1.165) is 0 Å². The van der Waals surface area contributed by atoms with E-state index in [-0.39, 0.29) is 18.8 Å². The molecule has 14 nitrogen and oxygen atoms in total. The zero-order valence-electron chi connectivity index (χ0n) is 18.7. The van der Waals surface area contributed by atoms with Gasteiger partial charge in [0, 0.05) is 6.42 Å². The fraction of sp³-hybridized carbons (Fsp3) is 0.684. The van der Waals surface area contributed by atoms with E-state index < -0.39 is 78.7 Å². The molecule has 10 N–H and O–H groups in total. The Labute approximate surface area is 190 Å². The summed E-state index contributed by atoms with van der Waals surface area (Å²) in [6, 6.07) is -5.68. The number of aliphatic hydroxyl groups is 1. The van der Waals surface area contributed by atoms with Crippen LogP contribution in [-0.2, 0) is 28.8 Å². The highest BCUT2D eigenvalue weighted by molar-refractivity contribution is 5.96. The van der Waals surface area contributed by atoms with E-state index in [0.29, 0.717) is 0 Å². The lowest BCUT2D eigenvalue weighted by Gasteiger charge is -2.26. The highest BCUT2D eigenvalue weighted by atomic mass is 16.4. The Kier molecular flexibility index (Phi) is 12.6. The normalized spacial score (nSPS) is 15.5. The van der Waals surface area contributed by atoms with Crippen molar-refractivity contribution >= 4 is 35.6 Å². The topological polar surface area (TPSA) is 251 Å². The minimum atomic E-state index is -1.51. The number of primary amides is 1. The van der Waals surface area contributed by atoms with Crippen LogP contribution in [0.2, 0.25) is 0 Å². The van der Waals surface area contributed by atoms with Gasteiger partial charge in [-0.05, 0) is 25.7 Å². The third kappa shape index (κ3) is 11.8. The standard InChI is InChI=1S/C19H33N5O9/c1-8(2)6-11(16(29)22-10(19(32)33)4-5-14(27)28)23-17(30)12(7-13(20)26)24-18(31)15(21)9(3)25/h8-12,15,25H,4-7,21H2,1-3H3,(H2,20,26)(H,22,29)(H,23,30)(H,24,31)(H,27,28)(H,32,33). The lowest BCUT2D eigenvalue weighted by molar-refractivity contribution is -0.143. The average Bonchev–Trinajstić information content (AvgIpc) is 2.67. The molecule has 0 saturated carbocycles. The predicted octanol–water partition coefficient (Wildman–Crippen LogP) is -2.98. The molecule has 0 heterocycles. The van der Waals surface area contributed by atoms with Crippen molar-refractivity contribution in [3.05, 3.63) is 0 Å². The summed E-state index contributed by atoms with van der Waals surface area (Å²) in [6.45, 7) is 4.71. The number of rotatable bonds is 15. The van der Waals surface area contributed by atoms with Crippen molar-refractivity contribution in [1.82, 2.24) is 16.0 Å². The molecule has 0 rings (SSSR count). The van der Waals surface area contributed by atoms with Gasteiger partial charge in [-0.25, -0.2) is 4.79 Å². The van der Waals surface area contributed by atoms with Gasteiger partial charge in [0.05, 0.1) is 12.5 Å². The van der Waals surface area contributed by atoms with Gasteiger partial charge in [0.15, 0.2) is 0 Å². The fourth-order valence-electron chi connectivity index (χ4n) is 2.67. The van der Waals surface area contributed by atoms with Gasteiger partial charge in [-0.2, -0.15) is 0 Å². The van der Waals surface area contributed by atoms with Crippen LogP contribution in [0.4, 0.5) is 0 Å². The first kappa shape index (κ1) is 29.7. The molecule has 4 amide bonds. The maximum atomic E-state index is 12.7. The summed E-state index contributed by atoms with van der Waals surface area (Å²) in [5.74, 6) is -6.57. The van der Waals surface area contributed by atoms with E-state index >= 15 is 0 Å². The first-order chi connectivity index (χ1) is 15.1. The van der Waals surface area contributed by atoms with Crippen molar-refractivity contribution in [3.63, 3.8) is 0 Å². The number of nitrogens with two attached hydrogens (primary N) is 2. The summed E-state index contributed by atoms with van der Waals surface area (Å²) >= 11 is 0. The highest BCUT2D eigenvalue weighted by Gasteiger charge is 2.32. The van der Waals surface area contributed by atoms with Crippen LogP contribution in [0.15, 0.2) is 0 Å². The number of aliphatic hydroxyl groups excluding tert-OH is 1. The first-order valence-corrected chi connectivity index (χ1v) is 10.2. The fourth-order valence-corrected chi connectivity index (χ4v) is 2.67. The van der Waals surface area contributed by atoms with E-state index in [9.17, 15) is 39.0 Å². The highest BCUT2D eigenvalue weighted by Crippen LogP contribution is 2.08. The van der Waals surface area contributed by atoms with Gasteiger partial charge in [-0.15, -0.1) is 0 Å². The molecule has 0 spiro atoms. The number of nitrogens with one attached hydrogen (secondary N) is 3. The zero-order valence-corrected chi connectivity index (χ0v) is 18.7. The van der Waals surface area contributed by atoms with Gasteiger partial charge >= 0.3 is 11.9 Å². The van der Waals surface area contributed by atoms with Crippen molar-refractivity contribution in [2.45, 2.75) is 76.7 Å². The number of carbonyl (C=O) groups is 6. The Bertz CT molecular complexity index is 741. The number of carbonyl (C=O) groups excluding carboxylic acids is 4. The summed E-state index contributed by atoms with van der Waals surface area (Å²) < 4.78 is 0. The molecule has 5 atom stereocenters.